The normalized spacial score (nSPS) is 25.9. The lowest BCUT2D eigenvalue weighted by Crippen LogP contribution is -2.55. The highest BCUT2D eigenvalue weighted by atomic mass is 16.5. The molecule has 3 rings (SSSR count). The number of rotatable bonds is 5. The number of benzene rings is 1. The molecule has 7 heteroatoms. The van der Waals surface area contributed by atoms with Gasteiger partial charge in [0.2, 0.25) is 5.91 Å². The molecule has 1 aromatic carbocycles. The number of carbonyl (C=O) groups excluding carboxylic acids is 1. The molecule has 1 atom stereocenters. The summed E-state index contributed by atoms with van der Waals surface area (Å²) in [4.78, 5) is 15.3. The fraction of sp³-hybridized carbons (Fsp3) is 0.667. The average Bonchev–Trinajstić information content (AvgIpc) is 2.82. The van der Waals surface area contributed by atoms with Crippen LogP contribution in [-0.4, -0.2) is 89.7 Å². The fourth-order valence-electron chi connectivity index (χ4n) is 3.96. The maximum Gasteiger partial charge on any atom is 0.219 e. The van der Waals surface area contributed by atoms with E-state index >= 15 is 0 Å². The van der Waals surface area contributed by atoms with E-state index in [-0.39, 0.29) is 19.1 Å². The summed E-state index contributed by atoms with van der Waals surface area (Å²) in [5.41, 5.74) is -0.979. The molecular weight excluding hydrogens is 360 g/mol. The largest absolute Gasteiger partial charge is 0.490 e. The summed E-state index contributed by atoms with van der Waals surface area (Å²) >= 11 is 0. The predicted octanol–water partition coefficient (Wildman–Crippen LogP) is 0.811. The van der Waals surface area contributed by atoms with Gasteiger partial charge >= 0.3 is 0 Å². The maximum atomic E-state index is 11.5. The van der Waals surface area contributed by atoms with Crippen molar-refractivity contribution in [2.45, 2.75) is 37.9 Å². The second kappa shape index (κ2) is 8.78. The highest BCUT2D eigenvalue weighted by molar-refractivity contribution is 5.73. The Hall–Kier alpha value is -1.67. The quantitative estimate of drug-likeness (QED) is 0.772. The minimum atomic E-state index is -1.14. The molecule has 7 nitrogen and oxygen atoms in total. The van der Waals surface area contributed by atoms with Crippen molar-refractivity contribution < 1.29 is 24.5 Å². The Balaban J connectivity index is 1.58. The van der Waals surface area contributed by atoms with Crippen molar-refractivity contribution in [3.63, 3.8) is 0 Å². The molecule has 1 amide bonds. The standard InChI is InChI=1S/C21H32N2O5/c1-17-5-3-4-6-19(17)28-16-21(26)14-22(11-12-27-15-21)13-20(25)7-9-23(10-8-20)18(2)24/h3-6,25-26H,7-16H2,1-2H3/t21-/m0/s1. The zero-order valence-electron chi connectivity index (χ0n) is 16.9. The smallest absolute Gasteiger partial charge is 0.219 e. The zero-order valence-corrected chi connectivity index (χ0v) is 16.9. The monoisotopic (exact) mass is 392 g/mol. The van der Waals surface area contributed by atoms with E-state index in [2.05, 4.69) is 4.90 Å². The first kappa shape index (κ1) is 21.0. The molecule has 0 bridgehead atoms. The van der Waals surface area contributed by atoms with E-state index < -0.39 is 11.2 Å². The van der Waals surface area contributed by atoms with Gasteiger partial charge in [-0.2, -0.15) is 0 Å². The summed E-state index contributed by atoms with van der Waals surface area (Å²) in [6.07, 6.45) is 1.09. The lowest BCUT2D eigenvalue weighted by atomic mass is 9.90. The number of piperidine rings is 1. The summed E-state index contributed by atoms with van der Waals surface area (Å²) in [5, 5.41) is 22.1. The number of hydrogen-bond donors (Lipinski definition) is 2. The van der Waals surface area contributed by atoms with Gasteiger partial charge < -0.3 is 24.6 Å². The number of hydrogen-bond acceptors (Lipinski definition) is 6. The molecule has 2 saturated heterocycles. The van der Waals surface area contributed by atoms with Gasteiger partial charge in [0.25, 0.3) is 0 Å². The first-order valence-electron chi connectivity index (χ1n) is 9.97. The van der Waals surface area contributed by atoms with Crippen LogP contribution in [0.4, 0.5) is 0 Å². The molecule has 2 heterocycles. The Morgan fingerprint density at radius 3 is 2.57 bits per heavy atom. The summed E-state index contributed by atoms with van der Waals surface area (Å²) in [5.74, 6) is 0.801. The number of ether oxygens (including phenoxy) is 2. The third kappa shape index (κ3) is 5.44. The van der Waals surface area contributed by atoms with Crippen LogP contribution in [0, 0.1) is 6.92 Å². The highest BCUT2D eigenvalue weighted by Gasteiger charge is 2.39. The molecule has 0 spiro atoms. The summed E-state index contributed by atoms with van der Waals surface area (Å²) in [6, 6.07) is 7.72. The van der Waals surface area contributed by atoms with Crippen LogP contribution in [0.2, 0.25) is 0 Å². The molecule has 28 heavy (non-hydrogen) atoms. The Morgan fingerprint density at radius 2 is 1.89 bits per heavy atom. The molecule has 2 aliphatic heterocycles. The number of β-amino-alcohol motifs (C(OH)–C–C–N with tert-alkyl or cyclic N) is 2. The third-order valence-electron chi connectivity index (χ3n) is 5.69. The van der Waals surface area contributed by atoms with Crippen molar-refractivity contribution in [2.75, 3.05) is 52.5 Å². The van der Waals surface area contributed by atoms with Crippen molar-refractivity contribution in [1.82, 2.24) is 9.80 Å². The molecule has 0 unspecified atom stereocenters. The minimum absolute atomic E-state index is 0.0490. The summed E-state index contributed by atoms with van der Waals surface area (Å²) in [6.45, 7) is 6.97. The molecule has 0 radical (unpaired) electrons. The van der Waals surface area contributed by atoms with E-state index in [0.29, 0.717) is 52.2 Å². The van der Waals surface area contributed by atoms with E-state index in [9.17, 15) is 15.0 Å². The van der Waals surface area contributed by atoms with Crippen molar-refractivity contribution >= 4 is 5.91 Å². The van der Waals surface area contributed by atoms with E-state index in [1.54, 1.807) is 11.8 Å². The van der Waals surface area contributed by atoms with Gasteiger partial charge in [0.05, 0.1) is 18.8 Å². The molecule has 0 aliphatic carbocycles. The number of aryl methyl sites for hydroxylation is 1. The number of carbonyl (C=O) groups is 1. The van der Waals surface area contributed by atoms with E-state index in [0.717, 1.165) is 11.3 Å². The topological polar surface area (TPSA) is 82.5 Å². The van der Waals surface area contributed by atoms with Gasteiger partial charge in [-0.1, -0.05) is 18.2 Å². The van der Waals surface area contributed by atoms with Crippen molar-refractivity contribution in [3.05, 3.63) is 29.8 Å². The van der Waals surface area contributed by atoms with Crippen LogP contribution >= 0.6 is 0 Å². The molecule has 2 N–H and O–H groups in total. The van der Waals surface area contributed by atoms with E-state index in [1.807, 2.05) is 31.2 Å². The lowest BCUT2D eigenvalue weighted by Gasteiger charge is -2.41. The van der Waals surface area contributed by atoms with Gasteiger partial charge in [-0.15, -0.1) is 0 Å². The number of para-hydroxylation sites is 1. The number of amides is 1. The number of likely N-dealkylation sites (tertiary alicyclic amines) is 1. The van der Waals surface area contributed by atoms with E-state index in [1.165, 1.54) is 0 Å². The van der Waals surface area contributed by atoms with Crippen LogP contribution < -0.4 is 4.74 Å². The molecule has 0 aromatic heterocycles. The Kier molecular flexibility index (Phi) is 6.60. The maximum absolute atomic E-state index is 11.5. The van der Waals surface area contributed by atoms with Crippen molar-refractivity contribution in [3.8, 4) is 5.75 Å². The molecular formula is C21H32N2O5. The van der Waals surface area contributed by atoms with Crippen LogP contribution in [0.5, 0.6) is 5.75 Å². The van der Waals surface area contributed by atoms with Gasteiger partial charge in [-0.05, 0) is 31.4 Å². The molecule has 156 valence electrons. The highest BCUT2D eigenvalue weighted by Crippen LogP contribution is 2.26. The van der Waals surface area contributed by atoms with Crippen LogP contribution in [0.15, 0.2) is 24.3 Å². The van der Waals surface area contributed by atoms with Crippen molar-refractivity contribution in [1.29, 1.82) is 0 Å². The fourth-order valence-corrected chi connectivity index (χ4v) is 3.96. The minimum Gasteiger partial charge on any atom is -0.490 e. The van der Waals surface area contributed by atoms with Crippen LogP contribution in [0.3, 0.4) is 0 Å². The number of nitrogens with zero attached hydrogens (tertiary/aromatic N) is 2. The van der Waals surface area contributed by atoms with Gasteiger partial charge in [-0.25, -0.2) is 0 Å². The van der Waals surface area contributed by atoms with Gasteiger partial charge in [0, 0.05) is 39.6 Å². The van der Waals surface area contributed by atoms with Gasteiger partial charge in [0.1, 0.15) is 18.0 Å². The molecule has 1 aromatic rings. The first-order valence-corrected chi connectivity index (χ1v) is 9.97. The second-order valence-electron chi connectivity index (χ2n) is 8.27. The average molecular weight is 392 g/mol. The third-order valence-corrected chi connectivity index (χ3v) is 5.69. The Morgan fingerprint density at radius 1 is 1.18 bits per heavy atom. The van der Waals surface area contributed by atoms with Crippen LogP contribution in [0.1, 0.15) is 25.3 Å². The van der Waals surface area contributed by atoms with Crippen molar-refractivity contribution in [2.24, 2.45) is 0 Å². The van der Waals surface area contributed by atoms with Crippen LogP contribution in [0.25, 0.3) is 0 Å². The van der Waals surface area contributed by atoms with E-state index in [4.69, 9.17) is 9.47 Å². The Bertz CT molecular complexity index is 675. The van der Waals surface area contributed by atoms with Gasteiger partial charge in [0.15, 0.2) is 0 Å². The first-order chi connectivity index (χ1) is 13.3. The molecule has 2 fully saturated rings. The van der Waals surface area contributed by atoms with Gasteiger partial charge in [-0.3, -0.25) is 9.69 Å². The Labute approximate surface area is 166 Å². The second-order valence-corrected chi connectivity index (χ2v) is 8.27. The SMILES string of the molecule is CC(=O)N1CCC(O)(CN2CCOC[C@](O)(COc3ccccc3C)C2)CC1. The molecule has 2 aliphatic rings. The predicted molar refractivity (Wildman–Crippen MR) is 105 cm³/mol. The number of aliphatic hydroxyl groups is 2. The zero-order chi connectivity index (χ0) is 20.2. The summed E-state index contributed by atoms with van der Waals surface area (Å²) < 4.78 is 11.5. The van der Waals surface area contributed by atoms with Crippen LogP contribution in [-0.2, 0) is 9.53 Å². The molecule has 0 saturated carbocycles. The summed E-state index contributed by atoms with van der Waals surface area (Å²) in [7, 11) is 0. The lowest BCUT2D eigenvalue weighted by molar-refractivity contribution is -0.134.